The Bertz CT molecular complexity index is 1070. The van der Waals surface area contributed by atoms with E-state index in [2.05, 4.69) is 39.4 Å². The highest BCUT2D eigenvalue weighted by Crippen LogP contribution is 2.27. The Morgan fingerprint density at radius 2 is 1.66 bits per heavy atom. The highest BCUT2D eigenvalue weighted by molar-refractivity contribution is 5.79. The Balaban J connectivity index is 1.18. The molecule has 0 bridgehead atoms. The molecule has 1 aromatic heterocycles. The van der Waals surface area contributed by atoms with Crippen molar-refractivity contribution in [3.8, 4) is 17.0 Å². The van der Waals surface area contributed by atoms with Gasteiger partial charge in [0.15, 0.2) is 5.82 Å². The molecule has 0 spiro atoms. The lowest BCUT2D eigenvalue weighted by Gasteiger charge is -2.36. The van der Waals surface area contributed by atoms with Crippen LogP contribution >= 0.6 is 0 Å². The van der Waals surface area contributed by atoms with Crippen LogP contribution in [0, 0.1) is 5.92 Å². The van der Waals surface area contributed by atoms with Crippen LogP contribution in [0.3, 0.4) is 0 Å². The Morgan fingerprint density at radius 1 is 0.906 bits per heavy atom. The van der Waals surface area contributed by atoms with Crippen LogP contribution in [0.5, 0.6) is 5.75 Å². The fraction of sp³-hybridized carbons (Fsp3) is 0.346. The number of piperidine rings is 1. The zero-order valence-electron chi connectivity index (χ0n) is 18.4. The van der Waals surface area contributed by atoms with Gasteiger partial charge in [0.2, 0.25) is 5.91 Å². The molecular weight excluding hydrogens is 400 g/mol. The van der Waals surface area contributed by atoms with Crippen LogP contribution in [-0.4, -0.2) is 47.7 Å². The van der Waals surface area contributed by atoms with Crippen LogP contribution in [0.2, 0.25) is 0 Å². The topological polar surface area (TPSA) is 58.6 Å². The highest BCUT2D eigenvalue weighted by atomic mass is 16.5. The van der Waals surface area contributed by atoms with Gasteiger partial charge in [-0.15, -0.1) is 10.2 Å². The monoisotopic (exact) mass is 428 g/mol. The third-order valence-electron chi connectivity index (χ3n) is 6.65. The molecule has 6 heteroatoms. The molecule has 3 heterocycles. The molecule has 0 atom stereocenters. The fourth-order valence-electron chi connectivity index (χ4n) is 4.71. The van der Waals surface area contributed by atoms with E-state index in [4.69, 9.17) is 4.74 Å². The van der Waals surface area contributed by atoms with Gasteiger partial charge in [0, 0.05) is 37.7 Å². The average molecular weight is 429 g/mol. The number of rotatable bonds is 4. The molecule has 1 saturated heterocycles. The summed E-state index contributed by atoms with van der Waals surface area (Å²) in [5, 5.41) is 8.88. The molecule has 2 aliphatic heterocycles. The third kappa shape index (κ3) is 4.17. The van der Waals surface area contributed by atoms with Gasteiger partial charge < -0.3 is 14.5 Å². The summed E-state index contributed by atoms with van der Waals surface area (Å²) in [6.45, 7) is 3.23. The number of hydrogen-bond acceptors (Lipinski definition) is 5. The quantitative estimate of drug-likeness (QED) is 0.630. The van der Waals surface area contributed by atoms with Crippen molar-refractivity contribution < 1.29 is 9.53 Å². The van der Waals surface area contributed by atoms with Gasteiger partial charge in [-0.1, -0.05) is 24.3 Å². The van der Waals surface area contributed by atoms with E-state index in [0.717, 1.165) is 68.3 Å². The third-order valence-corrected chi connectivity index (χ3v) is 6.65. The second kappa shape index (κ2) is 8.99. The number of anilines is 1. The Kier molecular flexibility index (Phi) is 5.75. The van der Waals surface area contributed by atoms with E-state index in [-0.39, 0.29) is 5.92 Å². The Hall–Kier alpha value is -3.41. The summed E-state index contributed by atoms with van der Waals surface area (Å²) in [6, 6.07) is 20.3. The summed E-state index contributed by atoms with van der Waals surface area (Å²) in [6.07, 6.45) is 2.68. The SMILES string of the molecule is COc1ccc(-c2ccc(N3CCC(C(=O)N4CCc5ccccc5C4)CC3)nn2)cc1. The Morgan fingerprint density at radius 3 is 2.34 bits per heavy atom. The molecule has 0 unspecified atom stereocenters. The van der Waals surface area contributed by atoms with Gasteiger partial charge in [0.05, 0.1) is 12.8 Å². The minimum Gasteiger partial charge on any atom is -0.497 e. The van der Waals surface area contributed by atoms with Crippen molar-refractivity contribution in [3.63, 3.8) is 0 Å². The van der Waals surface area contributed by atoms with Gasteiger partial charge >= 0.3 is 0 Å². The maximum atomic E-state index is 13.1. The molecule has 3 aromatic rings. The molecular formula is C26H28N4O2. The lowest BCUT2D eigenvalue weighted by molar-refractivity contribution is -0.137. The second-order valence-corrected chi connectivity index (χ2v) is 8.55. The first-order valence-corrected chi connectivity index (χ1v) is 11.3. The van der Waals surface area contributed by atoms with Crippen molar-refractivity contribution in [1.82, 2.24) is 15.1 Å². The molecule has 5 rings (SSSR count). The van der Waals surface area contributed by atoms with Crippen molar-refractivity contribution >= 4 is 11.7 Å². The maximum absolute atomic E-state index is 13.1. The van der Waals surface area contributed by atoms with Gasteiger partial charge in [-0.3, -0.25) is 4.79 Å². The first-order chi connectivity index (χ1) is 15.7. The molecule has 0 radical (unpaired) electrons. The number of carbonyl (C=O) groups excluding carboxylic acids is 1. The number of fused-ring (bicyclic) bond motifs is 1. The van der Waals surface area contributed by atoms with E-state index >= 15 is 0 Å². The minimum absolute atomic E-state index is 0.100. The van der Waals surface area contributed by atoms with E-state index < -0.39 is 0 Å². The van der Waals surface area contributed by atoms with Gasteiger partial charge in [0.1, 0.15) is 5.75 Å². The first kappa shape index (κ1) is 20.5. The number of hydrogen-bond donors (Lipinski definition) is 0. The van der Waals surface area contributed by atoms with Gasteiger partial charge in [-0.2, -0.15) is 0 Å². The zero-order valence-corrected chi connectivity index (χ0v) is 18.4. The van der Waals surface area contributed by atoms with Crippen molar-refractivity contribution in [1.29, 1.82) is 0 Å². The normalized spacial score (nSPS) is 16.5. The molecule has 164 valence electrons. The molecule has 2 aromatic carbocycles. The summed E-state index contributed by atoms with van der Waals surface area (Å²) < 4.78 is 5.21. The van der Waals surface area contributed by atoms with Crippen molar-refractivity contribution in [2.45, 2.75) is 25.8 Å². The molecule has 2 aliphatic rings. The summed E-state index contributed by atoms with van der Waals surface area (Å²) in [4.78, 5) is 17.4. The predicted octanol–water partition coefficient (Wildman–Crippen LogP) is 3.95. The average Bonchev–Trinajstić information content (AvgIpc) is 2.88. The predicted molar refractivity (Wildman–Crippen MR) is 125 cm³/mol. The molecule has 1 amide bonds. The molecule has 0 N–H and O–H groups in total. The molecule has 32 heavy (non-hydrogen) atoms. The number of aromatic nitrogens is 2. The van der Waals surface area contributed by atoms with E-state index in [9.17, 15) is 4.79 Å². The van der Waals surface area contributed by atoms with E-state index in [0.29, 0.717) is 5.91 Å². The van der Waals surface area contributed by atoms with Crippen molar-refractivity contribution in [2.24, 2.45) is 5.92 Å². The number of benzene rings is 2. The second-order valence-electron chi connectivity index (χ2n) is 8.55. The van der Waals surface area contributed by atoms with Gasteiger partial charge in [-0.05, 0) is 66.8 Å². The summed E-state index contributed by atoms with van der Waals surface area (Å²) >= 11 is 0. The van der Waals surface area contributed by atoms with Gasteiger partial charge in [-0.25, -0.2) is 0 Å². The van der Waals surface area contributed by atoms with Crippen LogP contribution in [0.4, 0.5) is 5.82 Å². The fourth-order valence-corrected chi connectivity index (χ4v) is 4.71. The number of carbonyl (C=O) groups is 1. The smallest absolute Gasteiger partial charge is 0.226 e. The van der Waals surface area contributed by atoms with Crippen molar-refractivity contribution in [2.75, 3.05) is 31.6 Å². The zero-order chi connectivity index (χ0) is 21.9. The maximum Gasteiger partial charge on any atom is 0.226 e. The minimum atomic E-state index is 0.100. The summed E-state index contributed by atoms with van der Waals surface area (Å²) in [5.41, 5.74) is 4.52. The summed E-state index contributed by atoms with van der Waals surface area (Å²) in [5.74, 6) is 2.10. The lowest BCUT2D eigenvalue weighted by atomic mass is 9.93. The molecule has 6 nitrogen and oxygen atoms in total. The largest absolute Gasteiger partial charge is 0.497 e. The first-order valence-electron chi connectivity index (χ1n) is 11.3. The van der Waals surface area contributed by atoms with Crippen LogP contribution < -0.4 is 9.64 Å². The Labute approximate surface area is 188 Å². The van der Waals surface area contributed by atoms with Crippen LogP contribution in [0.1, 0.15) is 24.0 Å². The van der Waals surface area contributed by atoms with E-state index in [1.807, 2.05) is 41.3 Å². The number of nitrogens with zero attached hydrogens (tertiary/aromatic N) is 4. The molecule has 0 saturated carbocycles. The van der Waals surface area contributed by atoms with E-state index in [1.54, 1.807) is 7.11 Å². The number of ether oxygens (including phenoxy) is 1. The lowest BCUT2D eigenvalue weighted by Crippen LogP contribution is -2.44. The van der Waals surface area contributed by atoms with Gasteiger partial charge in [0.25, 0.3) is 0 Å². The summed E-state index contributed by atoms with van der Waals surface area (Å²) in [7, 11) is 1.66. The van der Waals surface area contributed by atoms with E-state index in [1.165, 1.54) is 11.1 Å². The molecule has 0 aliphatic carbocycles. The standard InChI is InChI=1S/C26H28N4O2/c1-32-23-8-6-20(7-9-23)24-10-11-25(28-27-24)29-15-13-21(14-16-29)26(31)30-17-12-19-4-2-3-5-22(19)18-30/h2-11,21H,12-18H2,1H3. The number of methoxy groups -OCH3 is 1. The molecule has 1 fully saturated rings. The van der Waals surface area contributed by atoms with Crippen molar-refractivity contribution in [3.05, 3.63) is 71.8 Å². The van der Waals surface area contributed by atoms with Crippen LogP contribution in [0.25, 0.3) is 11.3 Å². The number of amides is 1. The van der Waals surface area contributed by atoms with Crippen LogP contribution in [-0.2, 0) is 17.8 Å². The highest BCUT2D eigenvalue weighted by Gasteiger charge is 2.30. The van der Waals surface area contributed by atoms with Crippen LogP contribution in [0.15, 0.2) is 60.7 Å².